The minimum Gasteiger partial charge on any atom is -0.497 e. The first-order valence-corrected chi connectivity index (χ1v) is 10.9. The van der Waals surface area contributed by atoms with Crippen LogP contribution in [0.5, 0.6) is 5.75 Å². The number of nitrogens with zero attached hydrogens (tertiary/aromatic N) is 3. The SMILES string of the molecule is COc1cccc(-c2nnc(SC(C)C(=O)NC(C)CCc3ccccc3)n2C)c1. The largest absolute Gasteiger partial charge is 0.497 e. The highest BCUT2D eigenvalue weighted by atomic mass is 32.2. The van der Waals surface area contributed by atoms with Gasteiger partial charge in [0.05, 0.1) is 12.4 Å². The third-order valence-corrected chi connectivity index (χ3v) is 6.05. The summed E-state index contributed by atoms with van der Waals surface area (Å²) in [4.78, 5) is 12.6. The summed E-state index contributed by atoms with van der Waals surface area (Å²) in [6, 6.07) is 18.1. The number of carbonyl (C=O) groups is 1. The average molecular weight is 425 g/mol. The van der Waals surface area contributed by atoms with Gasteiger partial charge in [-0.15, -0.1) is 10.2 Å². The van der Waals surface area contributed by atoms with Crippen molar-refractivity contribution >= 4 is 17.7 Å². The van der Waals surface area contributed by atoms with E-state index in [1.165, 1.54) is 17.3 Å². The Balaban J connectivity index is 1.56. The zero-order valence-corrected chi connectivity index (χ0v) is 18.6. The zero-order chi connectivity index (χ0) is 21.5. The lowest BCUT2D eigenvalue weighted by molar-refractivity contribution is -0.120. The maximum absolute atomic E-state index is 12.6. The molecule has 1 N–H and O–H groups in total. The normalized spacial score (nSPS) is 12.9. The molecule has 0 aliphatic carbocycles. The summed E-state index contributed by atoms with van der Waals surface area (Å²) < 4.78 is 7.19. The lowest BCUT2D eigenvalue weighted by Gasteiger charge is -2.17. The van der Waals surface area contributed by atoms with Crippen molar-refractivity contribution in [3.05, 3.63) is 60.2 Å². The zero-order valence-electron chi connectivity index (χ0n) is 17.8. The van der Waals surface area contributed by atoms with Gasteiger partial charge in [0.15, 0.2) is 11.0 Å². The van der Waals surface area contributed by atoms with Gasteiger partial charge in [0.25, 0.3) is 0 Å². The highest BCUT2D eigenvalue weighted by molar-refractivity contribution is 8.00. The van der Waals surface area contributed by atoms with Crippen molar-refractivity contribution in [3.8, 4) is 17.1 Å². The first-order valence-electron chi connectivity index (χ1n) is 10.0. The fraction of sp³-hybridized carbons (Fsp3) is 0.348. The van der Waals surface area contributed by atoms with Crippen LogP contribution in [0.2, 0.25) is 0 Å². The number of amides is 1. The second kappa shape index (κ2) is 10.3. The summed E-state index contributed by atoms with van der Waals surface area (Å²) in [5, 5.41) is 12.1. The molecular weight excluding hydrogens is 396 g/mol. The van der Waals surface area contributed by atoms with E-state index in [0.29, 0.717) is 5.16 Å². The van der Waals surface area contributed by atoms with E-state index in [4.69, 9.17) is 4.74 Å². The first kappa shape index (κ1) is 21.9. The van der Waals surface area contributed by atoms with Crippen molar-refractivity contribution in [3.63, 3.8) is 0 Å². The molecule has 158 valence electrons. The summed E-state index contributed by atoms with van der Waals surface area (Å²) in [5.74, 6) is 1.51. The lowest BCUT2D eigenvalue weighted by atomic mass is 10.1. The van der Waals surface area contributed by atoms with Gasteiger partial charge in [-0.3, -0.25) is 4.79 Å². The second-order valence-corrected chi connectivity index (χ2v) is 8.60. The van der Waals surface area contributed by atoms with Crippen LogP contribution in [0.1, 0.15) is 25.8 Å². The number of aryl methyl sites for hydroxylation is 1. The predicted molar refractivity (Wildman–Crippen MR) is 121 cm³/mol. The van der Waals surface area contributed by atoms with Crippen LogP contribution < -0.4 is 10.1 Å². The Hall–Kier alpha value is -2.80. The van der Waals surface area contributed by atoms with Gasteiger partial charge in [-0.25, -0.2) is 0 Å². The Bertz CT molecular complexity index is 974. The molecule has 0 aliphatic heterocycles. The van der Waals surface area contributed by atoms with Crippen LogP contribution in [0.25, 0.3) is 11.4 Å². The minimum absolute atomic E-state index is 0.00601. The number of methoxy groups -OCH3 is 1. The van der Waals surface area contributed by atoms with E-state index < -0.39 is 0 Å². The lowest BCUT2D eigenvalue weighted by Crippen LogP contribution is -2.38. The molecule has 1 aromatic heterocycles. The van der Waals surface area contributed by atoms with Crippen LogP contribution in [0.15, 0.2) is 59.8 Å². The van der Waals surface area contributed by atoms with Crippen molar-refractivity contribution in [2.75, 3.05) is 7.11 Å². The maximum atomic E-state index is 12.6. The molecule has 3 aromatic rings. The van der Waals surface area contributed by atoms with Gasteiger partial charge in [0.2, 0.25) is 5.91 Å². The van der Waals surface area contributed by atoms with E-state index >= 15 is 0 Å². The third kappa shape index (κ3) is 5.63. The highest BCUT2D eigenvalue weighted by Gasteiger charge is 2.20. The summed E-state index contributed by atoms with van der Waals surface area (Å²) in [7, 11) is 3.54. The van der Waals surface area contributed by atoms with Gasteiger partial charge in [-0.05, 0) is 44.4 Å². The van der Waals surface area contributed by atoms with Crippen molar-refractivity contribution in [2.45, 2.75) is 43.1 Å². The minimum atomic E-state index is -0.273. The fourth-order valence-corrected chi connectivity index (χ4v) is 3.93. The molecule has 2 aromatic carbocycles. The number of hydrogen-bond acceptors (Lipinski definition) is 5. The molecule has 3 rings (SSSR count). The molecular formula is C23H28N4O2S. The first-order chi connectivity index (χ1) is 14.5. The average Bonchev–Trinajstić information content (AvgIpc) is 3.13. The number of aromatic nitrogens is 3. The summed E-state index contributed by atoms with van der Waals surface area (Å²) >= 11 is 1.41. The molecule has 0 saturated carbocycles. The van der Waals surface area contributed by atoms with E-state index in [2.05, 4.69) is 27.6 Å². The number of benzene rings is 2. The van der Waals surface area contributed by atoms with Crippen LogP contribution in [-0.4, -0.2) is 39.1 Å². The highest BCUT2D eigenvalue weighted by Crippen LogP contribution is 2.27. The molecule has 0 fully saturated rings. The Morgan fingerprint density at radius 2 is 1.90 bits per heavy atom. The van der Waals surface area contributed by atoms with Crippen LogP contribution in [-0.2, 0) is 18.3 Å². The summed E-state index contributed by atoms with van der Waals surface area (Å²) in [5.41, 5.74) is 2.20. The molecule has 1 heterocycles. The number of hydrogen-bond donors (Lipinski definition) is 1. The van der Waals surface area contributed by atoms with Crippen LogP contribution >= 0.6 is 11.8 Å². The topological polar surface area (TPSA) is 69.0 Å². The summed E-state index contributed by atoms with van der Waals surface area (Å²) in [6.45, 7) is 3.94. The van der Waals surface area contributed by atoms with E-state index in [0.717, 1.165) is 30.0 Å². The predicted octanol–water partition coefficient (Wildman–Crippen LogP) is 4.11. The number of ether oxygens (including phenoxy) is 1. The van der Waals surface area contributed by atoms with E-state index in [1.54, 1.807) is 7.11 Å². The Kier molecular flexibility index (Phi) is 7.52. The number of carbonyl (C=O) groups excluding carboxylic acids is 1. The van der Waals surface area contributed by atoms with E-state index in [-0.39, 0.29) is 17.2 Å². The van der Waals surface area contributed by atoms with Crippen molar-refractivity contribution in [1.29, 1.82) is 0 Å². The van der Waals surface area contributed by atoms with Gasteiger partial charge in [0, 0.05) is 18.7 Å². The molecule has 0 spiro atoms. The van der Waals surface area contributed by atoms with E-state index in [9.17, 15) is 4.79 Å². The molecule has 2 atom stereocenters. The van der Waals surface area contributed by atoms with Crippen LogP contribution in [0.4, 0.5) is 0 Å². The maximum Gasteiger partial charge on any atom is 0.233 e. The second-order valence-electron chi connectivity index (χ2n) is 7.29. The number of nitrogens with one attached hydrogen (secondary N) is 1. The number of thioether (sulfide) groups is 1. The van der Waals surface area contributed by atoms with Gasteiger partial charge in [-0.1, -0.05) is 54.2 Å². The molecule has 1 amide bonds. The van der Waals surface area contributed by atoms with Gasteiger partial charge in [-0.2, -0.15) is 0 Å². The van der Waals surface area contributed by atoms with Gasteiger partial charge >= 0.3 is 0 Å². The Labute approximate surface area is 182 Å². The molecule has 0 saturated heterocycles. The van der Waals surface area contributed by atoms with Crippen LogP contribution in [0.3, 0.4) is 0 Å². The van der Waals surface area contributed by atoms with Crippen molar-refractivity contribution in [1.82, 2.24) is 20.1 Å². The number of rotatable bonds is 9. The van der Waals surface area contributed by atoms with Gasteiger partial charge < -0.3 is 14.6 Å². The Morgan fingerprint density at radius 1 is 1.13 bits per heavy atom. The van der Waals surface area contributed by atoms with Crippen LogP contribution in [0, 0.1) is 0 Å². The summed E-state index contributed by atoms with van der Waals surface area (Å²) in [6.07, 6.45) is 1.84. The molecule has 0 radical (unpaired) electrons. The third-order valence-electron chi connectivity index (χ3n) is 4.91. The van der Waals surface area contributed by atoms with E-state index in [1.807, 2.05) is 67.9 Å². The molecule has 6 nitrogen and oxygen atoms in total. The monoisotopic (exact) mass is 424 g/mol. The molecule has 0 bridgehead atoms. The quantitative estimate of drug-likeness (QED) is 0.524. The fourth-order valence-electron chi connectivity index (χ4n) is 3.10. The molecule has 2 unspecified atom stereocenters. The van der Waals surface area contributed by atoms with Crippen molar-refractivity contribution < 1.29 is 9.53 Å². The van der Waals surface area contributed by atoms with Gasteiger partial charge in [0.1, 0.15) is 5.75 Å². The molecule has 7 heteroatoms. The van der Waals surface area contributed by atoms with Crippen molar-refractivity contribution in [2.24, 2.45) is 7.05 Å². The standard InChI is InChI=1S/C23H28N4O2S/c1-16(13-14-18-9-6-5-7-10-18)24-22(28)17(2)30-23-26-25-21(27(23)3)19-11-8-12-20(15-19)29-4/h5-12,15-17H,13-14H2,1-4H3,(H,24,28). The molecule has 0 aliphatic rings. The molecule has 30 heavy (non-hydrogen) atoms. The Morgan fingerprint density at radius 3 is 2.63 bits per heavy atom. The smallest absolute Gasteiger partial charge is 0.233 e.